The third kappa shape index (κ3) is 7.13. The number of amides is 3. The lowest BCUT2D eigenvalue weighted by molar-refractivity contribution is 0.188. The molecule has 0 fully saturated rings. The summed E-state index contributed by atoms with van der Waals surface area (Å²) in [6, 6.07) is 20.1. The van der Waals surface area contributed by atoms with Crippen molar-refractivity contribution in [3.05, 3.63) is 89.7 Å². The molecule has 3 aromatic carbocycles. The van der Waals surface area contributed by atoms with E-state index in [1.807, 2.05) is 6.07 Å². The van der Waals surface area contributed by atoms with Gasteiger partial charge in [-0.2, -0.15) is 0 Å². The van der Waals surface area contributed by atoms with Crippen LogP contribution in [0.3, 0.4) is 0 Å². The number of para-hydroxylation sites is 1. The molecule has 9 heteroatoms. The van der Waals surface area contributed by atoms with Crippen LogP contribution in [0.15, 0.2) is 72.8 Å². The Morgan fingerprint density at radius 1 is 1.00 bits per heavy atom. The van der Waals surface area contributed by atoms with Gasteiger partial charge < -0.3 is 30.1 Å². The van der Waals surface area contributed by atoms with Gasteiger partial charge in [0.05, 0.1) is 7.11 Å². The molecule has 0 spiro atoms. The number of halogens is 1. The maximum Gasteiger partial charge on any atom is 0.404 e. The smallest absolute Gasteiger partial charge is 0.404 e. The highest BCUT2D eigenvalue weighted by Crippen LogP contribution is 2.29. The summed E-state index contributed by atoms with van der Waals surface area (Å²) in [5.74, 6) is 0.511. The maximum atomic E-state index is 13.9. The number of carboxylic acid groups (broad SMARTS) is 1. The van der Waals surface area contributed by atoms with Crippen LogP contribution in [0.1, 0.15) is 11.1 Å². The van der Waals surface area contributed by atoms with E-state index in [2.05, 4.69) is 10.6 Å². The van der Waals surface area contributed by atoms with Crippen molar-refractivity contribution >= 4 is 17.8 Å². The number of hydrogen-bond donors (Lipinski definition) is 3. The van der Waals surface area contributed by atoms with Gasteiger partial charge in [-0.3, -0.25) is 0 Å². The molecule has 8 nitrogen and oxygen atoms in total. The zero-order valence-corrected chi connectivity index (χ0v) is 18.7. The fourth-order valence-corrected chi connectivity index (χ4v) is 3.20. The number of nitrogens with one attached hydrogen (secondary N) is 2. The molecule has 0 heterocycles. The molecule has 0 aliphatic rings. The minimum absolute atomic E-state index is 0.0366. The van der Waals surface area contributed by atoms with E-state index in [0.29, 0.717) is 22.7 Å². The van der Waals surface area contributed by atoms with Crippen LogP contribution >= 0.6 is 0 Å². The van der Waals surface area contributed by atoms with E-state index in [9.17, 15) is 14.0 Å². The molecule has 0 aliphatic heterocycles. The van der Waals surface area contributed by atoms with Crippen molar-refractivity contribution in [3.8, 4) is 11.5 Å². The second kappa shape index (κ2) is 12.1. The van der Waals surface area contributed by atoms with Crippen LogP contribution in [0.4, 0.5) is 19.7 Å². The molecule has 0 atom stereocenters. The Morgan fingerprint density at radius 3 is 2.44 bits per heavy atom. The number of rotatable bonds is 10. The Morgan fingerprint density at radius 2 is 1.74 bits per heavy atom. The Kier molecular flexibility index (Phi) is 8.67. The van der Waals surface area contributed by atoms with Crippen molar-refractivity contribution < 1.29 is 28.6 Å². The topological polar surface area (TPSA) is 100 Å². The minimum atomic E-state index is -1.17. The summed E-state index contributed by atoms with van der Waals surface area (Å²) in [6.07, 6.45) is -1.17. The van der Waals surface area contributed by atoms with Crippen molar-refractivity contribution in [2.75, 3.05) is 25.5 Å². The van der Waals surface area contributed by atoms with Crippen molar-refractivity contribution in [2.45, 2.75) is 13.2 Å². The number of hydrogen-bond acceptors (Lipinski definition) is 4. The molecule has 0 bridgehead atoms. The van der Waals surface area contributed by atoms with Crippen LogP contribution in [0.25, 0.3) is 0 Å². The fourth-order valence-electron chi connectivity index (χ4n) is 3.20. The Hall–Kier alpha value is -4.27. The summed E-state index contributed by atoms with van der Waals surface area (Å²) in [4.78, 5) is 25.2. The summed E-state index contributed by atoms with van der Waals surface area (Å²) in [7, 11) is 1.49. The molecule has 178 valence electrons. The molecule has 3 aromatic rings. The predicted octanol–water partition coefficient (Wildman–Crippen LogP) is 4.72. The van der Waals surface area contributed by atoms with Crippen molar-refractivity contribution in [1.29, 1.82) is 0 Å². The Bertz CT molecular complexity index is 1110. The average Bonchev–Trinajstić information content (AvgIpc) is 2.83. The third-order valence-electron chi connectivity index (χ3n) is 4.91. The molecule has 0 saturated carbocycles. The van der Waals surface area contributed by atoms with Crippen LogP contribution in [-0.4, -0.2) is 42.3 Å². The van der Waals surface area contributed by atoms with E-state index < -0.39 is 6.09 Å². The number of urea groups is 1. The van der Waals surface area contributed by atoms with Gasteiger partial charge in [0.2, 0.25) is 0 Å². The Labute approximate surface area is 196 Å². The quantitative estimate of drug-likeness (QED) is 0.401. The van der Waals surface area contributed by atoms with E-state index in [1.54, 1.807) is 60.7 Å². The summed E-state index contributed by atoms with van der Waals surface area (Å²) >= 11 is 0. The summed E-state index contributed by atoms with van der Waals surface area (Å²) in [5, 5.41) is 13.9. The molecule has 0 aliphatic carbocycles. The molecular weight excluding hydrogens is 441 g/mol. The molecule has 34 heavy (non-hydrogen) atoms. The van der Waals surface area contributed by atoms with Gasteiger partial charge in [0.1, 0.15) is 12.4 Å². The number of anilines is 1. The van der Waals surface area contributed by atoms with E-state index in [4.69, 9.17) is 14.6 Å². The average molecular weight is 467 g/mol. The number of carbonyl (C=O) groups is 2. The van der Waals surface area contributed by atoms with Crippen LogP contribution < -0.4 is 20.1 Å². The number of carbonyl (C=O) groups excluding carboxylic acids is 1. The third-order valence-corrected chi connectivity index (χ3v) is 4.91. The minimum Gasteiger partial charge on any atom is -0.493 e. The number of methoxy groups -OCH3 is 1. The van der Waals surface area contributed by atoms with Gasteiger partial charge in [-0.1, -0.05) is 42.5 Å². The Balaban J connectivity index is 1.71. The first-order valence-corrected chi connectivity index (χ1v) is 10.6. The van der Waals surface area contributed by atoms with E-state index >= 15 is 0 Å². The van der Waals surface area contributed by atoms with E-state index in [1.165, 1.54) is 18.1 Å². The van der Waals surface area contributed by atoms with E-state index in [0.717, 1.165) is 5.56 Å². The van der Waals surface area contributed by atoms with Crippen LogP contribution in [0.2, 0.25) is 0 Å². The maximum absolute atomic E-state index is 13.9. The number of benzene rings is 3. The van der Waals surface area contributed by atoms with Gasteiger partial charge in [-0.25, -0.2) is 14.0 Å². The lowest BCUT2D eigenvalue weighted by atomic mass is 10.2. The first-order chi connectivity index (χ1) is 16.5. The van der Waals surface area contributed by atoms with Crippen LogP contribution in [0, 0.1) is 5.82 Å². The first-order valence-electron chi connectivity index (χ1n) is 10.6. The fraction of sp³-hybridized carbons (Fsp3) is 0.200. The van der Waals surface area contributed by atoms with E-state index in [-0.39, 0.29) is 38.1 Å². The normalized spacial score (nSPS) is 10.3. The van der Waals surface area contributed by atoms with Gasteiger partial charge >= 0.3 is 12.1 Å². The monoisotopic (exact) mass is 467 g/mol. The van der Waals surface area contributed by atoms with Crippen molar-refractivity contribution in [2.24, 2.45) is 0 Å². The van der Waals surface area contributed by atoms with Crippen LogP contribution in [-0.2, 0) is 13.2 Å². The highest BCUT2D eigenvalue weighted by molar-refractivity contribution is 5.89. The second-order valence-corrected chi connectivity index (χ2v) is 7.31. The zero-order valence-electron chi connectivity index (χ0n) is 18.7. The number of ether oxygens (including phenoxy) is 2. The molecular formula is C25H26FN3O5. The van der Waals surface area contributed by atoms with Crippen molar-refractivity contribution in [3.63, 3.8) is 0 Å². The second-order valence-electron chi connectivity index (χ2n) is 7.31. The molecule has 3 amide bonds. The zero-order chi connectivity index (χ0) is 24.3. The largest absolute Gasteiger partial charge is 0.493 e. The SMILES string of the molecule is COc1cc(CN(CCNC(=O)O)C(=O)Nc2ccccc2)ccc1OCc1ccccc1F. The standard InChI is InChI=1S/C25H26FN3O5/c1-33-23-15-18(11-12-22(23)34-17-19-7-5-6-10-21(19)26)16-29(14-13-27-25(31)32)24(30)28-20-8-3-2-4-9-20/h2-12,15,27H,13-14,16-17H2,1H3,(H,28,30)(H,31,32). The lowest BCUT2D eigenvalue weighted by Gasteiger charge is -2.24. The molecule has 0 unspecified atom stereocenters. The summed E-state index contributed by atoms with van der Waals surface area (Å²) in [6.45, 7) is 0.454. The summed E-state index contributed by atoms with van der Waals surface area (Å²) < 4.78 is 25.0. The number of nitrogens with zero attached hydrogens (tertiary/aromatic N) is 1. The van der Waals surface area contributed by atoms with Gasteiger partial charge in [0.25, 0.3) is 0 Å². The molecule has 0 radical (unpaired) electrons. The highest BCUT2D eigenvalue weighted by Gasteiger charge is 2.16. The highest BCUT2D eigenvalue weighted by atomic mass is 19.1. The molecule has 0 aromatic heterocycles. The van der Waals surface area contributed by atoms with Gasteiger partial charge in [-0.15, -0.1) is 0 Å². The lowest BCUT2D eigenvalue weighted by Crippen LogP contribution is -2.40. The van der Waals surface area contributed by atoms with Gasteiger partial charge in [-0.05, 0) is 35.9 Å². The first kappa shape index (κ1) is 24.4. The van der Waals surface area contributed by atoms with Crippen LogP contribution in [0.5, 0.6) is 11.5 Å². The molecule has 3 N–H and O–H groups in total. The van der Waals surface area contributed by atoms with Gasteiger partial charge in [0.15, 0.2) is 11.5 Å². The molecule has 3 rings (SSSR count). The van der Waals surface area contributed by atoms with Gasteiger partial charge in [0, 0.05) is 30.9 Å². The predicted molar refractivity (Wildman–Crippen MR) is 126 cm³/mol. The molecule has 0 saturated heterocycles. The summed E-state index contributed by atoms with van der Waals surface area (Å²) in [5.41, 5.74) is 1.79. The van der Waals surface area contributed by atoms with Crippen molar-refractivity contribution in [1.82, 2.24) is 10.2 Å².